The Bertz CT molecular complexity index is 1070. The third-order valence-corrected chi connectivity index (χ3v) is 3.79. The summed E-state index contributed by atoms with van der Waals surface area (Å²) in [6.45, 7) is 0. The first-order chi connectivity index (χ1) is 12.6. The summed E-state index contributed by atoms with van der Waals surface area (Å²) in [6, 6.07) is 10.1. The number of ether oxygens (including phenoxy) is 3. The quantitative estimate of drug-likeness (QED) is 0.702. The van der Waals surface area contributed by atoms with Crippen LogP contribution in [0.1, 0.15) is 5.56 Å². The van der Waals surface area contributed by atoms with Gasteiger partial charge in [-0.3, -0.25) is 4.79 Å². The Balaban J connectivity index is 2.10. The number of rotatable bonds is 5. The third kappa shape index (κ3) is 3.04. The summed E-state index contributed by atoms with van der Waals surface area (Å²) in [5.74, 6) is 1.31. The van der Waals surface area contributed by atoms with Crippen LogP contribution < -0.4 is 25.5 Å². The highest BCUT2D eigenvalue weighted by atomic mass is 16.5. The molecule has 0 radical (unpaired) electrons. The van der Waals surface area contributed by atoms with Crippen LogP contribution in [0.2, 0.25) is 0 Å². The van der Waals surface area contributed by atoms with Crippen molar-refractivity contribution in [3.05, 3.63) is 62.8 Å². The van der Waals surface area contributed by atoms with Gasteiger partial charge in [-0.2, -0.15) is 5.10 Å². The highest BCUT2D eigenvalue weighted by Crippen LogP contribution is 2.37. The normalized spacial score (nSPS) is 11.0. The van der Waals surface area contributed by atoms with Crippen molar-refractivity contribution in [2.75, 3.05) is 21.3 Å². The third-order valence-electron chi connectivity index (χ3n) is 3.79. The monoisotopic (exact) mass is 355 g/mol. The van der Waals surface area contributed by atoms with Gasteiger partial charge in [0, 0.05) is 5.56 Å². The number of nitrogens with one attached hydrogen (secondary N) is 1. The van der Waals surface area contributed by atoms with Crippen LogP contribution in [0, 0.1) is 0 Å². The Hall–Kier alpha value is -3.55. The summed E-state index contributed by atoms with van der Waals surface area (Å²) < 4.78 is 16.6. The van der Waals surface area contributed by atoms with Crippen LogP contribution in [0.15, 0.2) is 51.1 Å². The number of methoxy groups -OCH3 is 3. The number of aromatic nitrogens is 2. The molecule has 1 aromatic heterocycles. The van der Waals surface area contributed by atoms with Gasteiger partial charge in [0.1, 0.15) is 0 Å². The number of aromatic amines is 1. The van der Waals surface area contributed by atoms with Crippen LogP contribution in [-0.4, -0.2) is 37.2 Å². The van der Waals surface area contributed by atoms with Gasteiger partial charge in [-0.25, -0.2) is 4.79 Å². The van der Waals surface area contributed by atoms with E-state index in [4.69, 9.17) is 14.2 Å². The smallest absolute Gasteiger partial charge is 0.349 e. The maximum Gasteiger partial charge on any atom is 0.349 e. The van der Waals surface area contributed by atoms with Crippen LogP contribution in [0.5, 0.6) is 17.2 Å². The Labute approximate surface area is 148 Å². The molecule has 0 aliphatic carbocycles. The van der Waals surface area contributed by atoms with Gasteiger partial charge in [-0.1, -0.05) is 12.1 Å². The second-order valence-corrected chi connectivity index (χ2v) is 5.30. The first-order valence-corrected chi connectivity index (χ1v) is 7.67. The van der Waals surface area contributed by atoms with Crippen molar-refractivity contribution < 1.29 is 14.2 Å². The molecule has 8 heteroatoms. The van der Waals surface area contributed by atoms with Crippen LogP contribution in [0.4, 0.5) is 0 Å². The van der Waals surface area contributed by atoms with E-state index >= 15 is 0 Å². The fourth-order valence-electron chi connectivity index (χ4n) is 2.56. The summed E-state index contributed by atoms with van der Waals surface area (Å²) >= 11 is 0. The molecule has 2 aromatic carbocycles. The number of hydrogen-bond donors (Lipinski definition) is 1. The standard InChI is InChI=1S/C18H17N3O5/c1-24-14-8-11(9-15(25-2)16(14)26-3)10-19-21-17(22)12-6-4-5-7-13(12)20-18(21)23/h4-10H,1-3H3,(H,20,23)/b19-10-. The second-order valence-electron chi connectivity index (χ2n) is 5.30. The first kappa shape index (κ1) is 17.3. The fraction of sp³-hybridized carbons (Fsp3) is 0.167. The number of benzene rings is 2. The number of nitrogens with zero attached hydrogens (tertiary/aromatic N) is 2. The average molecular weight is 355 g/mol. The minimum atomic E-state index is -0.627. The molecule has 0 amide bonds. The Morgan fingerprint density at radius 1 is 1.00 bits per heavy atom. The van der Waals surface area contributed by atoms with Crippen LogP contribution >= 0.6 is 0 Å². The fourth-order valence-corrected chi connectivity index (χ4v) is 2.56. The van der Waals surface area contributed by atoms with Crippen molar-refractivity contribution in [1.82, 2.24) is 9.66 Å². The zero-order valence-corrected chi connectivity index (χ0v) is 14.5. The molecule has 0 fully saturated rings. The average Bonchev–Trinajstić information content (AvgIpc) is 2.66. The van der Waals surface area contributed by atoms with Crippen molar-refractivity contribution in [3.63, 3.8) is 0 Å². The van der Waals surface area contributed by atoms with Crippen molar-refractivity contribution in [2.24, 2.45) is 5.10 Å². The van der Waals surface area contributed by atoms with Crippen molar-refractivity contribution >= 4 is 17.1 Å². The van der Waals surface area contributed by atoms with Crippen molar-refractivity contribution in [3.8, 4) is 17.2 Å². The van der Waals surface area contributed by atoms with E-state index in [0.717, 1.165) is 4.68 Å². The van der Waals surface area contributed by atoms with Crippen LogP contribution in [0.25, 0.3) is 10.9 Å². The Morgan fingerprint density at radius 3 is 2.27 bits per heavy atom. The molecule has 26 heavy (non-hydrogen) atoms. The maximum absolute atomic E-state index is 12.5. The van der Waals surface area contributed by atoms with E-state index < -0.39 is 11.2 Å². The van der Waals surface area contributed by atoms with Gasteiger partial charge in [-0.05, 0) is 24.3 Å². The second kappa shape index (κ2) is 7.14. The molecule has 1 heterocycles. The largest absolute Gasteiger partial charge is 0.493 e. The molecule has 1 N–H and O–H groups in total. The molecule has 0 spiro atoms. The van der Waals surface area contributed by atoms with Gasteiger partial charge in [0.2, 0.25) is 5.75 Å². The van der Waals surface area contributed by atoms with E-state index in [0.29, 0.717) is 33.7 Å². The first-order valence-electron chi connectivity index (χ1n) is 7.67. The zero-order chi connectivity index (χ0) is 18.7. The van der Waals surface area contributed by atoms with Gasteiger partial charge in [-0.15, -0.1) is 4.68 Å². The lowest BCUT2D eigenvalue weighted by atomic mass is 10.2. The summed E-state index contributed by atoms with van der Waals surface area (Å²) in [6.07, 6.45) is 1.37. The van der Waals surface area contributed by atoms with Crippen LogP contribution in [-0.2, 0) is 0 Å². The highest BCUT2D eigenvalue weighted by Gasteiger charge is 2.12. The predicted molar refractivity (Wildman–Crippen MR) is 97.9 cm³/mol. The van der Waals surface area contributed by atoms with E-state index in [1.807, 2.05) is 0 Å². The van der Waals surface area contributed by atoms with Gasteiger partial charge >= 0.3 is 5.69 Å². The number of para-hydroxylation sites is 1. The molecular formula is C18H17N3O5. The molecule has 0 saturated carbocycles. The molecule has 134 valence electrons. The molecule has 0 aliphatic rings. The molecule has 3 aromatic rings. The molecule has 0 atom stereocenters. The van der Waals surface area contributed by atoms with Gasteiger partial charge in [0.25, 0.3) is 5.56 Å². The van der Waals surface area contributed by atoms with E-state index in [1.54, 1.807) is 36.4 Å². The maximum atomic E-state index is 12.5. The SMILES string of the molecule is COc1cc(/C=N\n2c(=O)[nH]c3ccccc3c2=O)cc(OC)c1OC. The number of fused-ring (bicyclic) bond motifs is 1. The lowest BCUT2D eigenvalue weighted by molar-refractivity contribution is 0.324. The molecule has 8 nitrogen and oxygen atoms in total. The Morgan fingerprint density at radius 2 is 1.65 bits per heavy atom. The predicted octanol–water partition coefficient (Wildman–Crippen LogP) is 1.60. The minimum absolute atomic E-state index is 0.370. The number of hydrogen-bond acceptors (Lipinski definition) is 6. The number of H-pyrrole nitrogens is 1. The highest BCUT2D eigenvalue weighted by molar-refractivity contribution is 5.82. The van der Waals surface area contributed by atoms with Gasteiger partial charge in [0.15, 0.2) is 11.5 Å². The molecule has 0 aliphatic heterocycles. The lowest BCUT2D eigenvalue weighted by Gasteiger charge is -2.12. The van der Waals surface area contributed by atoms with Crippen LogP contribution in [0.3, 0.4) is 0 Å². The molecular weight excluding hydrogens is 338 g/mol. The molecule has 0 unspecified atom stereocenters. The van der Waals surface area contributed by atoms with E-state index in [2.05, 4.69) is 10.1 Å². The Kier molecular flexibility index (Phi) is 4.74. The summed E-state index contributed by atoms with van der Waals surface area (Å²) in [5, 5.41) is 4.39. The van der Waals surface area contributed by atoms with Crippen molar-refractivity contribution in [2.45, 2.75) is 0 Å². The lowest BCUT2D eigenvalue weighted by Crippen LogP contribution is -2.32. The minimum Gasteiger partial charge on any atom is -0.493 e. The summed E-state index contributed by atoms with van der Waals surface area (Å²) in [5.41, 5.74) is -0.105. The van der Waals surface area contributed by atoms with Gasteiger partial charge in [0.05, 0.1) is 38.4 Å². The van der Waals surface area contributed by atoms with E-state index in [-0.39, 0.29) is 0 Å². The molecule has 0 saturated heterocycles. The van der Waals surface area contributed by atoms with Gasteiger partial charge < -0.3 is 19.2 Å². The summed E-state index contributed by atoms with van der Waals surface area (Å²) in [7, 11) is 4.50. The zero-order valence-electron chi connectivity index (χ0n) is 14.5. The molecule has 3 rings (SSSR count). The summed E-state index contributed by atoms with van der Waals surface area (Å²) in [4.78, 5) is 27.2. The topological polar surface area (TPSA) is 94.9 Å². The molecule has 0 bridgehead atoms. The van der Waals surface area contributed by atoms with Crippen molar-refractivity contribution in [1.29, 1.82) is 0 Å². The van der Waals surface area contributed by atoms with E-state index in [9.17, 15) is 9.59 Å². The van der Waals surface area contributed by atoms with E-state index in [1.165, 1.54) is 27.5 Å².